The topological polar surface area (TPSA) is 108 Å². The molecule has 0 aliphatic heterocycles. The van der Waals surface area contributed by atoms with Gasteiger partial charge in [-0.1, -0.05) is 180 Å². The van der Waals surface area contributed by atoms with E-state index in [9.17, 15) is 19.4 Å². The highest BCUT2D eigenvalue weighted by molar-refractivity contribution is 7.45. The van der Waals surface area contributed by atoms with Crippen LogP contribution >= 0.6 is 7.82 Å². The van der Waals surface area contributed by atoms with Crippen LogP contribution in [0.15, 0.2) is 12.2 Å². The summed E-state index contributed by atoms with van der Waals surface area (Å²) in [5.74, 6) is -0.169. The van der Waals surface area contributed by atoms with E-state index in [4.69, 9.17) is 9.05 Å². The normalized spacial score (nSPS) is 14.5. The third-order valence-electron chi connectivity index (χ3n) is 10.3. The van der Waals surface area contributed by atoms with Crippen molar-refractivity contribution in [2.24, 2.45) is 0 Å². The number of phosphoric ester groups is 1. The van der Waals surface area contributed by atoms with Gasteiger partial charge in [-0.25, -0.2) is 0 Å². The van der Waals surface area contributed by atoms with Gasteiger partial charge in [-0.15, -0.1) is 0 Å². The van der Waals surface area contributed by atoms with Crippen molar-refractivity contribution < 1.29 is 32.9 Å². The van der Waals surface area contributed by atoms with Gasteiger partial charge < -0.3 is 28.8 Å². The summed E-state index contributed by atoms with van der Waals surface area (Å²) in [5.41, 5.74) is 0. The summed E-state index contributed by atoms with van der Waals surface area (Å²) >= 11 is 0. The number of phosphoric acid groups is 1. The van der Waals surface area contributed by atoms with E-state index in [1.807, 2.05) is 21.1 Å². The number of likely N-dealkylation sites (N-methyl/N-ethyl adjacent to an activating group) is 1. The first-order chi connectivity index (χ1) is 25.5. The molecule has 0 aliphatic carbocycles. The fourth-order valence-corrected chi connectivity index (χ4v) is 7.35. The van der Waals surface area contributed by atoms with E-state index in [0.717, 1.165) is 38.5 Å². The molecule has 1 amide bonds. The number of aliphatic hydroxyl groups is 1. The Bertz CT molecular complexity index is 880. The van der Waals surface area contributed by atoms with Gasteiger partial charge in [0.25, 0.3) is 7.82 Å². The van der Waals surface area contributed by atoms with E-state index >= 15 is 0 Å². The number of unbranched alkanes of at least 4 members (excludes halogenated alkanes) is 26. The molecule has 8 nitrogen and oxygen atoms in total. The second-order valence-electron chi connectivity index (χ2n) is 16.8. The smallest absolute Gasteiger partial charge is 0.268 e. The number of allylic oxidation sites excluding steroid dienone is 2. The van der Waals surface area contributed by atoms with Crippen LogP contribution in [0.1, 0.15) is 213 Å². The Morgan fingerprint density at radius 3 is 1.47 bits per heavy atom. The zero-order chi connectivity index (χ0) is 39.3. The van der Waals surface area contributed by atoms with Crippen LogP contribution in [0.2, 0.25) is 0 Å². The molecule has 0 spiro atoms. The fourth-order valence-electron chi connectivity index (χ4n) is 6.62. The summed E-state index contributed by atoms with van der Waals surface area (Å²) in [6.45, 7) is 4.71. The first-order valence-corrected chi connectivity index (χ1v) is 24.0. The fraction of sp³-hybridized carbons (Fsp3) is 0.932. The van der Waals surface area contributed by atoms with Gasteiger partial charge in [0.15, 0.2) is 0 Å². The van der Waals surface area contributed by atoms with Crippen molar-refractivity contribution in [3.05, 3.63) is 12.2 Å². The first kappa shape index (κ1) is 52.2. The van der Waals surface area contributed by atoms with E-state index in [0.29, 0.717) is 23.9 Å². The second-order valence-corrected chi connectivity index (χ2v) is 18.2. The van der Waals surface area contributed by atoms with Crippen molar-refractivity contribution >= 4 is 13.7 Å². The van der Waals surface area contributed by atoms with Crippen LogP contribution in [0.3, 0.4) is 0 Å². The van der Waals surface area contributed by atoms with Crippen LogP contribution in [0.5, 0.6) is 0 Å². The predicted octanol–water partition coefficient (Wildman–Crippen LogP) is 11.7. The number of hydrogen-bond donors (Lipinski definition) is 2. The number of carbonyl (C=O) groups excluding carboxylic acids is 1. The molecule has 0 saturated heterocycles. The Morgan fingerprint density at radius 2 is 1.04 bits per heavy atom. The number of quaternary nitrogens is 1. The lowest BCUT2D eigenvalue weighted by atomic mass is 10.0. The molecule has 0 aliphatic rings. The SMILES string of the molecule is CCCCCCCCCCCC/C=C\CCCCCCCCCC(=O)NC(COP(=O)([O-])OCC[N+](C)(C)C)C(O)CCCCCCCCCCCC. The van der Waals surface area contributed by atoms with Crippen molar-refractivity contribution in [1.29, 1.82) is 0 Å². The Morgan fingerprint density at radius 1 is 0.642 bits per heavy atom. The monoisotopic (exact) mass is 773 g/mol. The largest absolute Gasteiger partial charge is 0.756 e. The number of hydrogen-bond acceptors (Lipinski definition) is 6. The summed E-state index contributed by atoms with van der Waals surface area (Å²) in [7, 11) is 1.31. The Hall–Kier alpha value is -0.760. The lowest BCUT2D eigenvalue weighted by Crippen LogP contribution is -2.46. The van der Waals surface area contributed by atoms with Crippen molar-refractivity contribution in [2.45, 2.75) is 225 Å². The minimum Gasteiger partial charge on any atom is -0.756 e. The lowest BCUT2D eigenvalue weighted by Gasteiger charge is -2.30. The number of amides is 1. The highest BCUT2D eigenvalue weighted by atomic mass is 31.2. The molecule has 0 bridgehead atoms. The Balaban J connectivity index is 4.23. The van der Waals surface area contributed by atoms with Crippen LogP contribution in [-0.2, 0) is 18.4 Å². The van der Waals surface area contributed by atoms with E-state index in [-0.39, 0.29) is 19.1 Å². The standard InChI is InChI=1S/C44H89N2O6P/c1-6-8-10-12-14-16-18-19-20-21-22-23-24-25-26-27-28-30-32-34-36-38-44(48)45-42(41-52-53(49,50)51-40-39-46(3,4)5)43(47)37-35-33-31-29-17-15-13-11-9-7-2/h23-24,42-43,47H,6-22,25-41H2,1-5H3,(H-,45,48,49,50)/b24-23-. The van der Waals surface area contributed by atoms with Gasteiger partial charge in [-0.3, -0.25) is 9.36 Å². The highest BCUT2D eigenvalue weighted by Crippen LogP contribution is 2.38. The van der Waals surface area contributed by atoms with Gasteiger partial charge in [-0.05, 0) is 38.5 Å². The minimum atomic E-state index is -4.56. The quantitative estimate of drug-likeness (QED) is 0.0277. The molecule has 0 heterocycles. The molecule has 0 aromatic heterocycles. The molecule has 0 fully saturated rings. The molecule has 0 aromatic rings. The highest BCUT2D eigenvalue weighted by Gasteiger charge is 2.24. The van der Waals surface area contributed by atoms with Gasteiger partial charge in [0.1, 0.15) is 13.2 Å². The molecule has 0 rings (SSSR count). The van der Waals surface area contributed by atoms with Gasteiger partial charge in [-0.2, -0.15) is 0 Å². The summed E-state index contributed by atoms with van der Waals surface area (Å²) < 4.78 is 23.2. The number of carbonyl (C=O) groups is 1. The number of nitrogens with one attached hydrogen (secondary N) is 1. The average Bonchev–Trinajstić information content (AvgIpc) is 3.10. The zero-order valence-corrected chi connectivity index (χ0v) is 36.6. The van der Waals surface area contributed by atoms with Gasteiger partial charge in [0.05, 0.1) is 39.9 Å². The minimum absolute atomic E-state index is 0.0129. The average molecular weight is 773 g/mol. The second kappa shape index (κ2) is 36.9. The van der Waals surface area contributed by atoms with Crippen molar-refractivity contribution in [1.82, 2.24) is 5.32 Å². The van der Waals surface area contributed by atoms with Crippen LogP contribution in [0, 0.1) is 0 Å². The third-order valence-corrected chi connectivity index (χ3v) is 11.2. The van der Waals surface area contributed by atoms with E-state index in [2.05, 4.69) is 31.3 Å². The summed E-state index contributed by atoms with van der Waals surface area (Å²) in [6.07, 6.45) is 40.8. The summed E-state index contributed by atoms with van der Waals surface area (Å²) in [4.78, 5) is 25.3. The molecule has 0 radical (unpaired) electrons. The maximum absolute atomic E-state index is 12.8. The van der Waals surface area contributed by atoms with Gasteiger partial charge in [0, 0.05) is 6.42 Å². The van der Waals surface area contributed by atoms with Crippen molar-refractivity contribution in [3.8, 4) is 0 Å². The molecular formula is C44H89N2O6P. The number of aliphatic hydroxyl groups excluding tert-OH is 1. The van der Waals surface area contributed by atoms with Crippen LogP contribution in [0.25, 0.3) is 0 Å². The molecule has 2 N–H and O–H groups in total. The molecule has 3 unspecified atom stereocenters. The first-order valence-electron chi connectivity index (χ1n) is 22.5. The van der Waals surface area contributed by atoms with Crippen LogP contribution in [0.4, 0.5) is 0 Å². The zero-order valence-electron chi connectivity index (χ0n) is 35.7. The molecule has 53 heavy (non-hydrogen) atoms. The Labute approximate surface area is 329 Å². The summed E-state index contributed by atoms with van der Waals surface area (Å²) in [5, 5.41) is 13.9. The molecule has 9 heteroatoms. The number of rotatable bonds is 41. The molecule has 316 valence electrons. The van der Waals surface area contributed by atoms with Crippen LogP contribution < -0.4 is 10.2 Å². The third kappa shape index (κ3) is 39.3. The predicted molar refractivity (Wildman–Crippen MR) is 224 cm³/mol. The Kier molecular flexibility index (Phi) is 36.3. The van der Waals surface area contributed by atoms with Crippen molar-refractivity contribution in [3.63, 3.8) is 0 Å². The van der Waals surface area contributed by atoms with E-state index in [1.54, 1.807) is 0 Å². The van der Waals surface area contributed by atoms with Crippen LogP contribution in [-0.4, -0.2) is 68.5 Å². The molecular weight excluding hydrogens is 683 g/mol. The molecule has 3 atom stereocenters. The van der Waals surface area contributed by atoms with E-state index in [1.165, 1.54) is 148 Å². The van der Waals surface area contributed by atoms with Crippen molar-refractivity contribution in [2.75, 3.05) is 40.9 Å². The van der Waals surface area contributed by atoms with Gasteiger partial charge >= 0.3 is 0 Å². The molecule has 0 saturated carbocycles. The maximum atomic E-state index is 12.8. The number of nitrogens with zero attached hydrogens (tertiary/aromatic N) is 1. The maximum Gasteiger partial charge on any atom is 0.268 e. The molecule has 0 aromatic carbocycles. The summed E-state index contributed by atoms with van der Waals surface area (Å²) in [6, 6.07) is -0.797. The van der Waals surface area contributed by atoms with E-state index < -0.39 is 20.0 Å². The lowest BCUT2D eigenvalue weighted by molar-refractivity contribution is -0.870. The van der Waals surface area contributed by atoms with Gasteiger partial charge in [0.2, 0.25) is 5.91 Å².